The summed E-state index contributed by atoms with van der Waals surface area (Å²) < 4.78 is 5.47. The van der Waals surface area contributed by atoms with Gasteiger partial charge in [0, 0.05) is 18.7 Å². The van der Waals surface area contributed by atoms with Crippen LogP contribution in [0.4, 0.5) is 5.69 Å². The Morgan fingerprint density at radius 1 is 1.32 bits per heavy atom. The van der Waals surface area contributed by atoms with E-state index >= 15 is 0 Å². The van der Waals surface area contributed by atoms with Crippen molar-refractivity contribution in [2.75, 3.05) is 18.5 Å². The fourth-order valence-electron chi connectivity index (χ4n) is 2.10. The molecule has 7 nitrogen and oxygen atoms in total. The van der Waals surface area contributed by atoms with Crippen LogP contribution in [0, 0.1) is 11.8 Å². The second-order valence-corrected chi connectivity index (χ2v) is 5.14. The van der Waals surface area contributed by atoms with Crippen LogP contribution in [-0.4, -0.2) is 36.0 Å². The third-order valence-electron chi connectivity index (χ3n) is 3.27. The predicted octanol–water partition coefficient (Wildman–Crippen LogP) is 0.861. The maximum absolute atomic E-state index is 11.6. The minimum atomic E-state index is -0.925. The van der Waals surface area contributed by atoms with E-state index in [9.17, 15) is 14.4 Å². The van der Waals surface area contributed by atoms with Crippen LogP contribution in [0.2, 0.25) is 0 Å². The van der Waals surface area contributed by atoms with Gasteiger partial charge < -0.3 is 20.5 Å². The molecule has 3 N–H and O–H groups in total. The number of carboxylic acids is 1. The van der Waals surface area contributed by atoms with Crippen LogP contribution in [0.5, 0.6) is 5.75 Å². The van der Waals surface area contributed by atoms with Crippen molar-refractivity contribution in [3.8, 4) is 5.75 Å². The normalized spacial score (nSPS) is 19.1. The van der Waals surface area contributed by atoms with Crippen molar-refractivity contribution in [3.63, 3.8) is 0 Å². The Morgan fingerprint density at radius 2 is 2.09 bits per heavy atom. The summed E-state index contributed by atoms with van der Waals surface area (Å²) in [7, 11) is 0. The van der Waals surface area contributed by atoms with E-state index < -0.39 is 17.8 Å². The van der Waals surface area contributed by atoms with E-state index in [2.05, 4.69) is 10.6 Å². The van der Waals surface area contributed by atoms with E-state index in [0.717, 1.165) is 0 Å². The molecule has 0 spiro atoms. The number of amides is 2. The first kappa shape index (κ1) is 15.8. The molecular formula is C15H18N2O5. The van der Waals surface area contributed by atoms with Crippen molar-refractivity contribution in [3.05, 3.63) is 24.3 Å². The van der Waals surface area contributed by atoms with Crippen molar-refractivity contribution in [1.29, 1.82) is 0 Å². The van der Waals surface area contributed by atoms with Crippen molar-refractivity contribution >= 4 is 23.5 Å². The topological polar surface area (TPSA) is 105 Å². The molecule has 1 aliphatic rings. The highest BCUT2D eigenvalue weighted by atomic mass is 16.5. The van der Waals surface area contributed by atoms with Crippen LogP contribution in [0.1, 0.15) is 13.3 Å². The molecule has 2 atom stereocenters. The number of benzene rings is 1. The summed E-state index contributed by atoms with van der Waals surface area (Å²) in [5.41, 5.74) is 0.635. The number of carbonyl (C=O) groups is 3. The standard InChI is InChI=1S/C15H18N2O5/c1-9(18)17-10-3-2-4-11(7-10)22-6-5-16-14(19)12-8-13(12)15(20)21/h2-4,7,12-13H,5-6,8H2,1H3,(H,16,19)(H,17,18)(H,20,21). The molecule has 1 aromatic carbocycles. The van der Waals surface area contributed by atoms with Crippen LogP contribution in [-0.2, 0) is 14.4 Å². The Hall–Kier alpha value is -2.57. The molecule has 7 heteroatoms. The Kier molecular flexibility index (Phi) is 4.98. The fraction of sp³-hybridized carbons (Fsp3) is 0.400. The first-order valence-electron chi connectivity index (χ1n) is 6.98. The molecule has 1 aromatic rings. The molecule has 2 rings (SSSR count). The number of nitrogens with one attached hydrogen (secondary N) is 2. The first-order valence-corrected chi connectivity index (χ1v) is 6.98. The zero-order chi connectivity index (χ0) is 16.1. The molecule has 118 valence electrons. The Bertz CT molecular complexity index is 587. The van der Waals surface area contributed by atoms with Crippen LogP contribution in [0.3, 0.4) is 0 Å². The number of anilines is 1. The number of carboxylic acid groups (broad SMARTS) is 1. The number of carbonyl (C=O) groups excluding carboxylic acids is 2. The minimum Gasteiger partial charge on any atom is -0.492 e. The van der Waals surface area contributed by atoms with Crippen molar-refractivity contribution in [2.45, 2.75) is 13.3 Å². The molecule has 2 unspecified atom stereocenters. The minimum absolute atomic E-state index is 0.165. The lowest BCUT2D eigenvalue weighted by Gasteiger charge is -2.09. The quantitative estimate of drug-likeness (QED) is 0.648. The molecule has 1 fully saturated rings. The van der Waals surface area contributed by atoms with Crippen LogP contribution < -0.4 is 15.4 Å². The third kappa shape index (κ3) is 4.47. The molecule has 0 aromatic heterocycles. The van der Waals surface area contributed by atoms with Crippen molar-refractivity contribution < 1.29 is 24.2 Å². The summed E-state index contributed by atoms with van der Waals surface area (Å²) in [5, 5.41) is 14.0. The van der Waals surface area contributed by atoms with Gasteiger partial charge in [-0.05, 0) is 18.6 Å². The van der Waals surface area contributed by atoms with Gasteiger partial charge in [0.05, 0.1) is 18.4 Å². The second-order valence-electron chi connectivity index (χ2n) is 5.14. The largest absolute Gasteiger partial charge is 0.492 e. The van der Waals surface area contributed by atoms with Crippen molar-refractivity contribution in [1.82, 2.24) is 5.32 Å². The van der Waals surface area contributed by atoms with E-state index in [1.165, 1.54) is 6.92 Å². The Labute approximate surface area is 127 Å². The molecule has 0 aliphatic heterocycles. The van der Waals surface area contributed by atoms with Gasteiger partial charge in [-0.1, -0.05) is 6.07 Å². The second kappa shape index (κ2) is 6.93. The number of hydrogen-bond donors (Lipinski definition) is 3. The van der Waals surface area contributed by atoms with E-state index in [0.29, 0.717) is 24.4 Å². The van der Waals surface area contributed by atoms with Gasteiger partial charge in [-0.3, -0.25) is 14.4 Å². The van der Waals surface area contributed by atoms with Gasteiger partial charge in [-0.15, -0.1) is 0 Å². The van der Waals surface area contributed by atoms with Gasteiger partial charge in [-0.2, -0.15) is 0 Å². The highest BCUT2D eigenvalue weighted by Crippen LogP contribution is 2.38. The number of ether oxygens (including phenoxy) is 1. The monoisotopic (exact) mass is 306 g/mol. The van der Waals surface area contributed by atoms with Gasteiger partial charge in [0.25, 0.3) is 0 Å². The van der Waals surface area contributed by atoms with Gasteiger partial charge in [0.1, 0.15) is 12.4 Å². The zero-order valence-electron chi connectivity index (χ0n) is 12.2. The third-order valence-corrected chi connectivity index (χ3v) is 3.27. The van der Waals surface area contributed by atoms with Crippen LogP contribution in [0.15, 0.2) is 24.3 Å². The molecule has 2 amide bonds. The fourth-order valence-corrected chi connectivity index (χ4v) is 2.10. The van der Waals surface area contributed by atoms with Crippen LogP contribution in [0.25, 0.3) is 0 Å². The number of hydrogen-bond acceptors (Lipinski definition) is 4. The number of rotatable bonds is 7. The lowest BCUT2D eigenvalue weighted by Crippen LogP contribution is -2.30. The van der Waals surface area contributed by atoms with Gasteiger partial charge in [0.2, 0.25) is 11.8 Å². The highest BCUT2D eigenvalue weighted by molar-refractivity contribution is 5.89. The van der Waals surface area contributed by atoms with Crippen LogP contribution >= 0.6 is 0 Å². The lowest BCUT2D eigenvalue weighted by atomic mass is 10.3. The van der Waals surface area contributed by atoms with Gasteiger partial charge >= 0.3 is 5.97 Å². The average molecular weight is 306 g/mol. The van der Waals surface area contributed by atoms with E-state index in [1.807, 2.05) is 0 Å². The maximum Gasteiger partial charge on any atom is 0.307 e. The predicted molar refractivity (Wildman–Crippen MR) is 78.5 cm³/mol. The summed E-state index contributed by atoms with van der Waals surface area (Å²) in [6, 6.07) is 6.93. The average Bonchev–Trinajstić information content (AvgIpc) is 3.23. The molecular weight excluding hydrogens is 288 g/mol. The molecule has 0 radical (unpaired) electrons. The SMILES string of the molecule is CC(=O)Nc1cccc(OCCNC(=O)C2CC2C(=O)O)c1. The van der Waals surface area contributed by atoms with Crippen molar-refractivity contribution in [2.24, 2.45) is 11.8 Å². The van der Waals surface area contributed by atoms with E-state index in [4.69, 9.17) is 9.84 Å². The highest BCUT2D eigenvalue weighted by Gasteiger charge is 2.48. The summed E-state index contributed by atoms with van der Waals surface area (Å²) in [6.07, 6.45) is 0.404. The smallest absolute Gasteiger partial charge is 0.307 e. The molecule has 1 aliphatic carbocycles. The van der Waals surface area contributed by atoms with E-state index in [1.54, 1.807) is 24.3 Å². The summed E-state index contributed by atoms with van der Waals surface area (Å²) >= 11 is 0. The summed E-state index contributed by atoms with van der Waals surface area (Å²) in [6.45, 7) is 1.98. The molecule has 0 heterocycles. The Morgan fingerprint density at radius 3 is 2.73 bits per heavy atom. The lowest BCUT2D eigenvalue weighted by molar-refractivity contribution is -0.140. The first-order chi connectivity index (χ1) is 10.5. The molecule has 0 bridgehead atoms. The number of aliphatic carboxylic acids is 1. The zero-order valence-corrected chi connectivity index (χ0v) is 12.2. The molecule has 1 saturated carbocycles. The Balaban J connectivity index is 1.70. The molecule has 22 heavy (non-hydrogen) atoms. The summed E-state index contributed by atoms with van der Waals surface area (Å²) in [4.78, 5) is 33.3. The van der Waals surface area contributed by atoms with Gasteiger partial charge in [0.15, 0.2) is 0 Å². The summed E-state index contributed by atoms with van der Waals surface area (Å²) in [5.74, 6) is -1.72. The molecule has 0 saturated heterocycles. The maximum atomic E-state index is 11.6. The van der Waals surface area contributed by atoms with Gasteiger partial charge in [-0.25, -0.2) is 0 Å². The van der Waals surface area contributed by atoms with E-state index in [-0.39, 0.29) is 18.4 Å².